The van der Waals surface area contributed by atoms with Crippen molar-refractivity contribution in [1.29, 1.82) is 0 Å². The van der Waals surface area contributed by atoms with Crippen molar-refractivity contribution < 1.29 is 0 Å². The minimum absolute atomic E-state index is 0.299. The van der Waals surface area contributed by atoms with E-state index >= 15 is 0 Å². The van der Waals surface area contributed by atoms with E-state index in [-0.39, 0.29) is 0 Å². The summed E-state index contributed by atoms with van der Waals surface area (Å²) in [6.07, 6.45) is 3.09. The van der Waals surface area contributed by atoms with Crippen molar-refractivity contribution in [2.75, 3.05) is 0 Å². The molecule has 3 rings (SSSR count). The van der Waals surface area contributed by atoms with Gasteiger partial charge in [-0.1, -0.05) is 64.1 Å². The predicted octanol–water partition coefficient (Wildman–Crippen LogP) is 6.24. The Kier molecular flexibility index (Phi) is 4.10. The summed E-state index contributed by atoms with van der Waals surface area (Å²) in [7, 11) is -1.47. The normalized spacial score (nSPS) is 13.2. The molecule has 3 aromatic rings. The number of thiophene rings is 1. The molecule has 0 bridgehead atoms. The number of pyridine rings is 1. The van der Waals surface area contributed by atoms with Gasteiger partial charge in [-0.25, -0.2) is 4.98 Å². The van der Waals surface area contributed by atoms with E-state index in [4.69, 9.17) is 11.6 Å². The first-order valence-electron chi connectivity index (χ1n) is 8.06. The van der Waals surface area contributed by atoms with Crippen LogP contribution in [-0.4, -0.2) is 13.1 Å². The standard InChI is InChI=1S/C19H24ClNSSi/c1-19(2,3)10-12-7-8-13-14(9-12)22-17-16(13)15(23(4,5)6)11-21-18(17)20/h7-9,11H,10H2,1-6H3. The topological polar surface area (TPSA) is 12.9 Å². The fraction of sp³-hybridized carbons (Fsp3) is 0.421. The van der Waals surface area contributed by atoms with Gasteiger partial charge in [0, 0.05) is 21.7 Å². The van der Waals surface area contributed by atoms with Crippen molar-refractivity contribution in [2.45, 2.75) is 46.8 Å². The average molecular weight is 362 g/mol. The summed E-state index contributed by atoms with van der Waals surface area (Å²) in [5.41, 5.74) is 1.70. The van der Waals surface area contributed by atoms with Gasteiger partial charge in [-0.05, 0) is 28.7 Å². The second-order valence-corrected chi connectivity index (χ2v) is 15.0. The average Bonchev–Trinajstić information content (AvgIpc) is 2.75. The molecule has 0 spiro atoms. The molecule has 1 aromatic carbocycles. The molecule has 0 unspecified atom stereocenters. The number of fused-ring (bicyclic) bond motifs is 3. The molecule has 0 saturated heterocycles. The van der Waals surface area contributed by atoms with E-state index in [2.05, 4.69) is 63.6 Å². The molecule has 2 heterocycles. The highest BCUT2D eigenvalue weighted by atomic mass is 35.5. The monoisotopic (exact) mass is 361 g/mol. The lowest BCUT2D eigenvalue weighted by molar-refractivity contribution is 0.411. The Hall–Kier alpha value is -0.903. The molecular weight excluding hydrogens is 338 g/mol. The number of nitrogens with zero attached hydrogens (tertiary/aromatic N) is 1. The van der Waals surface area contributed by atoms with E-state index in [1.54, 1.807) is 11.3 Å². The molecule has 0 fully saturated rings. The number of hydrogen-bond donors (Lipinski definition) is 0. The maximum Gasteiger partial charge on any atom is 0.146 e. The molecule has 0 aliphatic carbocycles. The predicted molar refractivity (Wildman–Crippen MR) is 108 cm³/mol. The van der Waals surface area contributed by atoms with E-state index in [1.165, 1.54) is 26.2 Å². The van der Waals surface area contributed by atoms with Crippen molar-refractivity contribution in [1.82, 2.24) is 4.98 Å². The summed E-state index contributed by atoms with van der Waals surface area (Å²) in [4.78, 5) is 4.46. The maximum atomic E-state index is 6.41. The molecule has 4 heteroatoms. The fourth-order valence-corrected chi connectivity index (χ4v) is 6.07. The van der Waals surface area contributed by atoms with Crippen LogP contribution in [0.1, 0.15) is 26.3 Å². The molecule has 122 valence electrons. The number of hydrogen-bond acceptors (Lipinski definition) is 2. The number of halogens is 1. The van der Waals surface area contributed by atoms with Crippen LogP contribution in [0.4, 0.5) is 0 Å². The molecule has 0 aliphatic rings. The van der Waals surface area contributed by atoms with Crippen molar-refractivity contribution >= 4 is 56.4 Å². The second kappa shape index (κ2) is 5.57. The molecule has 0 radical (unpaired) electrons. The van der Waals surface area contributed by atoms with Gasteiger partial charge in [0.25, 0.3) is 0 Å². The van der Waals surface area contributed by atoms with Gasteiger partial charge < -0.3 is 0 Å². The Morgan fingerprint density at radius 3 is 2.48 bits per heavy atom. The van der Waals surface area contributed by atoms with Gasteiger partial charge in [0.1, 0.15) is 5.15 Å². The van der Waals surface area contributed by atoms with Gasteiger partial charge in [0.05, 0.1) is 12.8 Å². The highest BCUT2D eigenvalue weighted by Gasteiger charge is 2.24. The number of benzene rings is 1. The smallest absolute Gasteiger partial charge is 0.146 e. The van der Waals surface area contributed by atoms with Crippen molar-refractivity contribution in [3.63, 3.8) is 0 Å². The van der Waals surface area contributed by atoms with Crippen LogP contribution < -0.4 is 5.19 Å². The quantitative estimate of drug-likeness (QED) is 0.389. The molecule has 2 aromatic heterocycles. The molecule has 0 aliphatic heterocycles. The third-order valence-electron chi connectivity index (χ3n) is 4.06. The highest BCUT2D eigenvalue weighted by Crippen LogP contribution is 2.38. The minimum Gasteiger partial charge on any atom is -0.243 e. The van der Waals surface area contributed by atoms with Crippen molar-refractivity contribution in [3.05, 3.63) is 35.1 Å². The highest BCUT2D eigenvalue weighted by molar-refractivity contribution is 7.26. The molecule has 0 amide bonds. The molecule has 0 atom stereocenters. The Morgan fingerprint density at radius 1 is 1.17 bits per heavy atom. The summed E-state index contributed by atoms with van der Waals surface area (Å²) in [6, 6.07) is 6.91. The first kappa shape index (κ1) is 16.9. The van der Waals surface area contributed by atoms with Gasteiger partial charge in [-0.3, -0.25) is 0 Å². The Morgan fingerprint density at radius 2 is 1.87 bits per heavy atom. The molecule has 23 heavy (non-hydrogen) atoms. The summed E-state index contributed by atoms with van der Waals surface area (Å²) in [5, 5.41) is 4.73. The number of aromatic nitrogens is 1. The van der Waals surface area contributed by atoms with E-state index in [1.807, 2.05) is 6.20 Å². The minimum atomic E-state index is -1.47. The third kappa shape index (κ3) is 3.33. The lowest BCUT2D eigenvalue weighted by Crippen LogP contribution is -2.38. The van der Waals surface area contributed by atoms with Crippen LogP contribution >= 0.6 is 22.9 Å². The van der Waals surface area contributed by atoms with Gasteiger partial charge in [0.15, 0.2) is 0 Å². The Bertz CT molecular complexity index is 884. The maximum absolute atomic E-state index is 6.41. The van der Waals surface area contributed by atoms with E-state index < -0.39 is 8.07 Å². The lowest BCUT2D eigenvalue weighted by atomic mass is 9.88. The SMILES string of the molecule is CC(C)(C)Cc1ccc2c(c1)sc1c(Cl)ncc([Si](C)(C)C)c12. The van der Waals surface area contributed by atoms with Gasteiger partial charge in [-0.2, -0.15) is 0 Å². The summed E-state index contributed by atoms with van der Waals surface area (Å²) in [6.45, 7) is 14.0. The second-order valence-electron chi connectivity index (χ2n) is 8.59. The van der Waals surface area contributed by atoms with E-state index in [9.17, 15) is 0 Å². The van der Waals surface area contributed by atoms with Crippen LogP contribution in [0.15, 0.2) is 24.4 Å². The molecule has 0 N–H and O–H groups in total. The van der Waals surface area contributed by atoms with Gasteiger partial charge >= 0.3 is 0 Å². The summed E-state index contributed by atoms with van der Waals surface area (Å²) < 4.78 is 2.48. The van der Waals surface area contributed by atoms with Crippen molar-refractivity contribution in [2.24, 2.45) is 5.41 Å². The lowest BCUT2D eigenvalue weighted by Gasteiger charge is -2.19. The zero-order chi connectivity index (χ0) is 17.0. The van der Waals surface area contributed by atoms with E-state index in [0.29, 0.717) is 10.6 Å². The summed E-state index contributed by atoms with van der Waals surface area (Å²) >= 11 is 8.20. The zero-order valence-electron chi connectivity index (χ0n) is 14.7. The number of rotatable bonds is 2. The van der Waals surface area contributed by atoms with Crippen molar-refractivity contribution in [3.8, 4) is 0 Å². The van der Waals surface area contributed by atoms with Gasteiger partial charge in [0.2, 0.25) is 0 Å². The molecule has 1 nitrogen and oxygen atoms in total. The van der Waals surface area contributed by atoms with Crippen LogP contribution in [-0.2, 0) is 6.42 Å². The zero-order valence-corrected chi connectivity index (χ0v) is 17.3. The van der Waals surface area contributed by atoms with E-state index in [0.717, 1.165) is 11.1 Å². The molecule has 0 saturated carbocycles. The van der Waals surface area contributed by atoms with Crippen LogP contribution in [0.3, 0.4) is 0 Å². The van der Waals surface area contributed by atoms with Crippen LogP contribution in [0.25, 0.3) is 20.2 Å². The summed E-state index contributed by atoms with van der Waals surface area (Å²) in [5.74, 6) is 0. The van der Waals surface area contributed by atoms with Crippen LogP contribution in [0, 0.1) is 5.41 Å². The van der Waals surface area contributed by atoms with Crippen LogP contribution in [0.5, 0.6) is 0 Å². The van der Waals surface area contributed by atoms with Crippen LogP contribution in [0.2, 0.25) is 24.8 Å². The molecular formula is C19H24ClNSSi. The van der Waals surface area contributed by atoms with Gasteiger partial charge in [-0.15, -0.1) is 11.3 Å². The fourth-order valence-electron chi connectivity index (χ4n) is 3.09. The Labute approximate surface area is 148 Å². The Balaban J connectivity index is 2.29. The third-order valence-corrected chi connectivity index (χ3v) is 7.61. The first-order chi connectivity index (χ1) is 10.6. The first-order valence-corrected chi connectivity index (χ1v) is 12.8. The largest absolute Gasteiger partial charge is 0.243 e.